The van der Waals surface area contributed by atoms with Gasteiger partial charge in [0, 0.05) is 23.9 Å². The van der Waals surface area contributed by atoms with Gasteiger partial charge < -0.3 is 9.47 Å². The summed E-state index contributed by atoms with van der Waals surface area (Å²) in [5.74, 6) is 0.227. The maximum atomic E-state index is 14.1. The number of alkyl halides is 6. The second-order valence-corrected chi connectivity index (χ2v) is 9.64. The average Bonchev–Trinajstić information content (AvgIpc) is 3.83. The van der Waals surface area contributed by atoms with Crippen LogP contribution in [0.4, 0.5) is 26.3 Å². The summed E-state index contributed by atoms with van der Waals surface area (Å²) in [7, 11) is 1.42. The number of rotatable bonds is 9. The number of halogens is 6. The molecule has 2 aliphatic rings. The van der Waals surface area contributed by atoms with Crippen LogP contribution in [-0.4, -0.2) is 45.6 Å². The van der Waals surface area contributed by atoms with Gasteiger partial charge in [-0.2, -0.15) is 31.3 Å². The SMILES string of the molecule is C=C(N=Cc1ccc(COc2nc(-c3c(OC)ncnc3C3CC3)ncc2C2(C(F)(F)F)CC2)cc1)C(F)(F)F. The second kappa shape index (κ2) is 10.2. The normalized spacial score (nSPS) is 16.7. The molecule has 0 bridgehead atoms. The Morgan fingerprint density at radius 2 is 1.75 bits per heavy atom. The van der Waals surface area contributed by atoms with E-state index in [0.29, 0.717) is 22.4 Å². The first-order valence-corrected chi connectivity index (χ1v) is 12.3. The molecule has 5 rings (SSSR count). The molecule has 13 heteroatoms. The van der Waals surface area contributed by atoms with Crippen LogP contribution in [0, 0.1) is 0 Å². The lowest BCUT2D eigenvalue weighted by Gasteiger charge is -2.22. The Morgan fingerprint density at radius 3 is 2.33 bits per heavy atom. The van der Waals surface area contributed by atoms with Crippen LogP contribution < -0.4 is 9.47 Å². The molecule has 1 aromatic carbocycles. The largest absolute Gasteiger partial charge is 0.480 e. The lowest BCUT2D eigenvalue weighted by molar-refractivity contribution is -0.161. The number of hydrogen-bond acceptors (Lipinski definition) is 7. The Labute approximate surface area is 225 Å². The smallest absolute Gasteiger partial charge is 0.432 e. The maximum absolute atomic E-state index is 14.1. The van der Waals surface area contributed by atoms with Gasteiger partial charge in [-0.25, -0.2) is 15.0 Å². The molecule has 7 nitrogen and oxygen atoms in total. The van der Waals surface area contributed by atoms with Gasteiger partial charge in [0.1, 0.15) is 24.2 Å². The van der Waals surface area contributed by atoms with Crippen LogP contribution >= 0.6 is 0 Å². The Bertz CT molecular complexity index is 1450. The van der Waals surface area contributed by atoms with Gasteiger partial charge in [0.25, 0.3) is 0 Å². The van der Waals surface area contributed by atoms with Gasteiger partial charge >= 0.3 is 12.4 Å². The summed E-state index contributed by atoms with van der Waals surface area (Å²) in [6, 6.07) is 6.14. The van der Waals surface area contributed by atoms with Crippen molar-refractivity contribution in [3.63, 3.8) is 0 Å². The fraction of sp³-hybridized carbons (Fsp3) is 0.370. The molecule has 0 saturated heterocycles. The number of aliphatic imine (C=N–C) groups is 1. The maximum Gasteiger partial charge on any atom is 0.432 e. The van der Waals surface area contributed by atoms with Crippen molar-refractivity contribution >= 4 is 6.21 Å². The molecular weight excluding hydrogens is 540 g/mol. The quantitative estimate of drug-likeness (QED) is 0.219. The molecule has 2 saturated carbocycles. The van der Waals surface area contributed by atoms with E-state index in [0.717, 1.165) is 25.3 Å². The zero-order chi connectivity index (χ0) is 28.7. The molecule has 2 aliphatic carbocycles. The first-order chi connectivity index (χ1) is 18.9. The van der Waals surface area contributed by atoms with Crippen molar-refractivity contribution in [2.75, 3.05) is 7.11 Å². The first-order valence-electron chi connectivity index (χ1n) is 12.3. The molecule has 0 radical (unpaired) electrons. The van der Waals surface area contributed by atoms with Crippen molar-refractivity contribution in [2.45, 2.75) is 56.0 Å². The Morgan fingerprint density at radius 1 is 1.05 bits per heavy atom. The van der Waals surface area contributed by atoms with Crippen molar-refractivity contribution in [3.05, 3.63) is 71.4 Å². The fourth-order valence-corrected chi connectivity index (χ4v) is 4.25. The number of benzene rings is 1. The molecule has 0 unspecified atom stereocenters. The molecule has 210 valence electrons. The van der Waals surface area contributed by atoms with E-state index in [-0.39, 0.29) is 48.5 Å². The van der Waals surface area contributed by atoms with Crippen molar-refractivity contribution < 1.29 is 35.8 Å². The van der Waals surface area contributed by atoms with Crippen LogP contribution in [-0.2, 0) is 12.0 Å². The van der Waals surface area contributed by atoms with Crippen molar-refractivity contribution in [2.24, 2.45) is 4.99 Å². The highest BCUT2D eigenvalue weighted by Crippen LogP contribution is 2.60. The summed E-state index contributed by atoms with van der Waals surface area (Å²) in [4.78, 5) is 20.5. The molecule has 2 heterocycles. The van der Waals surface area contributed by atoms with E-state index in [9.17, 15) is 26.3 Å². The van der Waals surface area contributed by atoms with Crippen LogP contribution in [0.1, 0.15) is 54.0 Å². The monoisotopic (exact) mass is 563 g/mol. The highest BCUT2D eigenvalue weighted by Gasteiger charge is 2.66. The van der Waals surface area contributed by atoms with E-state index < -0.39 is 23.5 Å². The van der Waals surface area contributed by atoms with Crippen LogP contribution in [0.3, 0.4) is 0 Å². The number of methoxy groups -OCH3 is 1. The summed E-state index contributed by atoms with van der Waals surface area (Å²) >= 11 is 0. The molecule has 3 aromatic rings. The number of hydrogen-bond donors (Lipinski definition) is 0. The van der Waals surface area contributed by atoms with Gasteiger partial charge in [-0.1, -0.05) is 30.8 Å². The minimum Gasteiger partial charge on any atom is -0.480 e. The summed E-state index contributed by atoms with van der Waals surface area (Å²) in [5, 5.41) is 0. The third-order valence-electron chi connectivity index (χ3n) is 6.84. The molecule has 0 amide bonds. The van der Waals surface area contributed by atoms with Gasteiger partial charge in [-0.15, -0.1) is 0 Å². The molecular formula is C27H23F6N5O2. The molecule has 40 heavy (non-hydrogen) atoms. The van der Waals surface area contributed by atoms with Gasteiger partial charge in [0.2, 0.25) is 11.8 Å². The number of aromatic nitrogens is 4. The zero-order valence-corrected chi connectivity index (χ0v) is 21.2. The summed E-state index contributed by atoms with van der Waals surface area (Å²) in [6.07, 6.45) is -4.06. The van der Waals surface area contributed by atoms with Crippen molar-refractivity contribution in [3.8, 4) is 23.1 Å². The van der Waals surface area contributed by atoms with Crippen LogP contribution in [0.15, 0.2) is 54.1 Å². The number of ether oxygens (including phenoxy) is 2. The molecule has 2 aromatic heterocycles. The Balaban J connectivity index is 1.45. The number of allylic oxidation sites excluding steroid dienone is 1. The highest BCUT2D eigenvalue weighted by molar-refractivity contribution is 5.80. The van der Waals surface area contributed by atoms with Gasteiger partial charge in [0.05, 0.1) is 18.2 Å². The van der Waals surface area contributed by atoms with Crippen LogP contribution in [0.2, 0.25) is 0 Å². The van der Waals surface area contributed by atoms with E-state index in [1.165, 1.54) is 25.6 Å². The van der Waals surface area contributed by atoms with Crippen molar-refractivity contribution in [1.29, 1.82) is 0 Å². The molecule has 0 atom stereocenters. The predicted molar refractivity (Wildman–Crippen MR) is 132 cm³/mol. The fourth-order valence-electron chi connectivity index (χ4n) is 4.25. The number of nitrogens with zero attached hydrogens (tertiary/aromatic N) is 5. The molecule has 0 N–H and O–H groups in total. The minimum absolute atomic E-state index is 0.0903. The van der Waals surface area contributed by atoms with E-state index in [1.807, 2.05) is 0 Å². The Hall–Kier alpha value is -4.03. The van der Waals surface area contributed by atoms with Gasteiger partial charge in [-0.3, -0.25) is 4.99 Å². The van der Waals surface area contributed by atoms with Gasteiger partial charge in [-0.05, 0) is 36.8 Å². The summed E-state index contributed by atoms with van der Waals surface area (Å²) in [6.45, 7) is 2.73. The first kappa shape index (κ1) is 27.5. The lowest BCUT2D eigenvalue weighted by Crippen LogP contribution is -2.29. The van der Waals surface area contributed by atoms with Crippen molar-refractivity contribution in [1.82, 2.24) is 19.9 Å². The summed E-state index contributed by atoms with van der Waals surface area (Å²) < 4.78 is 91.2. The third-order valence-corrected chi connectivity index (χ3v) is 6.84. The molecule has 0 spiro atoms. The van der Waals surface area contributed by atoms with E-state index >= 15 is 0 Å². The van der Waals surface area contributed by atoms with Crippen LogP contribution in [0.5, 0.6) is 11.8 Å². The van der Waals surface area contributed by atoms with E-state index in [1.54, 1.807) is 12.1 Å². The Kier molecular flexibility index (Phi) is 7.01. The van der Waals surface area contributed by atoms with Crippen LogP contribution in [0.25, 0.3) is 11.4 Å². The standard InChI is InChI=1S/C27H23F6N5O2/c1-15(26(28,29)30)34-11-16-3-5-17(6-4-16)13-40-23-19(25(9-10-25)27(31,32)33)12-35-22(38-23)20-21(18-7-8-18)36-14-37-24(20)39-2/h3-6,11-12,14,18H,1,7-10,13H2,2H3. The lowest BCUT2D eigenvalue weighted by atomic mass is 9.97. The molecule has 2 fully saturated rings. The van der Waals surface area contributed by atoms with E-state index in [4.69, 9.17) is 9.47 Å². The van der Waals surface area contributed by atoms with E-state index in [2.05, 4.69) is 31.5 Å². The third kappa shape index (κ3) is 5.50. The molecule has 0 aliphatic heterocycles. The minimum atomic E-state index is -4.64. The zero-order valence-electron chi connectivity index (χ0n) is 21.2. The predicted octanol–water partition coefficient (Wildman–Crippen LogP) is 6.49. The summed E-state index contributed by atoms with van der Waals surface area (Å²) in [5.41, 5.74) is -1.51. The topological polar surface area (TPSA) is 82.4 Å². The average molecular weight is 564 g/mol. The highest BCUT2D eigenvalue weighted by atomic mass is 19.4. The van der Waals surface area contributed by atoms with Gasteiger partial charge in [0.15, 0.2) is 5.82 Å². The second-order valence-electron chi connectivity index (χ2n) is 9.64.